The molecule has 0 aliphatic carbocycles. The molecule has 3 nitrogen and oxygen atoms in total. The van der Waals surface area contributed by atoms with Gasteiger partial charge in [-0.05, 0) is 24.1 Å². The lowest BCUT2D eigenvalue weighted by Gasteiger charge is -2.25. The predicted molar refractivity (Wildman–Crippen MR) is 102 cm³/mol. The number of halogens is 1. The van der Waals surface area contributed by atoms with Crippen molar-refractivity contribution in [3.8, 4) is 6.07 Å². The second kappa shape index (κ2) is 7.77. The van der Waals surface area contributed by atoms with Gasteiger partial charge in [0.2, 0.25) is 5.91 Å². The lowest BCUT2D eigenvalue weighted by Crippen LogP contribution is -2.30. The van der Waals surface area contributed by atoms with E-state index in [0.717, 1.165) is 16.7 Å². The quantitative estimate of drug-likeness (QED) is 0.833. The number of hydrogen-bond donors (Lipinski definition) is 1. The highest BCUT2D eigenvalue weighted by Crippen LogP contribution is 2.37. The van der Waals surface area contributed by atoms with Crippen LogP contribution in [0.3, 0.4) is 0 Å². The standard InChI is InChI=1S/C20H17ClN2OS/c1-13-6-8-14(9-7-13)16-10-19(24)23-20(17(16)11-22)25-12-15-4-2-3-5-18(15)21/h2-9,16H,10,12H2,1H3,(H,23,24). The fourth-order valence-electron chi connectivity index (χ4n) is 2.78. The first-order chi connectivity index (χ1) is 12.1. The molecule has 1 unspecified atom stereocenters. The first-order valence-electron chi connectivity index (χ1n) is 7.95. The SMILES string of the molecule is Cc1ccc(C2CC(=O)NC(SCc3ccccc3Cl)=C2C#N)cc1. The van der Waals surface area contributed by atoms with Gasteiger partial charge in [-0.25, -0.2) is 0 Å². The van der Waals surface area contributed by atoms with Crippen LogP contribution in [0.4, 0.5) is 0 Å². The number of rotatable bonds is 4. The van der Waals surface area contributed by atoms with Crippen molar-refractivity contribution >= 4 is 29.3 Å². The van der Waals surface area contributed by atoms with Crippen LogP contribution in [0.15, 0.2) is 59.1 Å². The van der Waals surface area contributed by atoms with Crippen LogP contribution in [-0.2, 0) is 10.5 Å². The summed E-state index contributed by atoms with van der Waals surface area (Å²) in [5, 5.41) is 13.9. The van der Waals surface area contributed by atoms with Gasteiger partial charge in [0, 0.05) is 23.1 Å². The maximum Gasteiger partial charge on any atom is 0.225 e. The van der Waals surface area contributed by atoms with Gasteiger partial charge in [-0.3, -0.25) is 4.79 Å². The molecular weight excluding hydrogens is 352 g/mol. The zero-order valence-electron chi connectivity index (χ0n) is 13.8. The molecule has 0 radical (unpaired) electrons. The van der Waals surface area contributed by atoms with Gasteiger partial charge in [0.15, 0.2) is 0 Å². The van der Waals surface area contributed by atoms with Gasteiger partial charge in [-0.2, -0.15) is 5.26 Å². The lowest BCUT2D eigenvalue weighted by atomic mass is 9.87. The summed E-state index contributed by atoms with van der Waals surface area (Å²) in [4.78, 5) is 12.2. The highest BCUT2D eigenvalue weighted by molar-refractivity contribution is 8.02. The molecule has 0 aromatic heterocycles. The number of nitrogens with one attached hydrogen (secondary N) is 1. The fourth-order valence-corrected chi connectivity index (χ4v) is 4.14. The third kappa shape index (κ3) is 4.07. The average Bonchev–Trinajstić information content (AvgIpc) is 2.61. The van der Waals surface area contributed by atoms with Crippen molar-refractivity contribution in [1.82, 2.24) is 5.32 Å². The van der Waals surface area contributed by atoms with Crippen molar-refractivity contribution in [2.45, 2.75) is 25.0 Å². The van der Waals surface area contributed by atoms with E-state index >= 15 is 0 Å². The van der Waals surface area contributed by atoms with E-state index < -0.39 is 0 Å². The number of hydrogen-bond acceptors (Lipinski definition) is 3. The summed E-state index contributed by atoms with van der Waals surface area (Å²) in [6.45, 7) is 2.02. The van der Waals surface area contributed by atoms with E-state index in [1.165, 1.54) is 11.8 Å². The minimum Gasteiger partial charge on any atom is -0.320 e. The number of nitrogens with zero attached hydrogens (tertiary/aromatic N) is 1. The van der Waals surface area contributed by atoms with E-state index in [4.69, 9.17) is 11.6 Å². The summed E-state index contributed by atoms with van der Waals surface area (Å²) >= 11 is 7.64. The monoisotopic (exact) mass is 368 g/mol. The molecule has 2 aromatic rings. The van der Waals surface area contributed by atoms with Crippen molar-refractivity contribution in [2.24, 2.45) is 0 Å². The Labute approximate surface area is 156 Å². The number of allylic oxidation sites excluding steroid dienone is 1. The van der Waals surface area contributed by atoms with E-state index in [0.29, 0.717) is 27.8 Å². The first-order valence-corrected chi connectivity index (χ1v) is 9.31. The molecular formula is C20H17ClN2OS. The number of amides is 1. The number of nitriles is 1. The van der Waals surface area contributed by atoms with Gasteiger partial charge < -0.3 is 5.32 Å². The van der Waals surface area contributed by atoms with Gasteiger partial charge >= 0.3 is 0 Å². The van der Waals surface area contributed by atoms with Crippen molar-refractivity contribution in [3.05, 3.63) is 80.8 Å². The van der Waals surface area contributed by atoms with Gasteiger partial charge in [-0.15, -0.1) is 11.8 Å². The molecule has 0 saturated carbocycles. The molecule has 25 heavy (non-hydrogen) atoms. The van der Waals surface area contributed by atoms with E-state index in [1.54, 1.807) is 0 Å². The number of carbonyl (C=O) groups excluding carboxylic acids is 1. The Hall–Kier alpha value is -2.22. The molecule has 1 aliphatic rings. The highest BCUT2D eigenvalue weighted by atomic mass is 35.5. The highest BCUT2D eigenvalue weighted by Gasteiger charge is 2.29. The van der Waals surface area contributed by atoms with E-state index in [-0.39, 0.29) is 11.8 Å². The predicted octanol–water partition coefficient (Wildman–Crippen LogP) is 4.92. The molecule has 2 aromatic carbocycles. The van der Waals surface area contributed by atoms with Gasteiger partial charge in [-0.1, -0.05) is 59.6 Å². The molecule has 126 valence electrons. The molecule has 1 atom stereocenters. The second-order valence-corrected chi connectivity index (χ2v) is 7.34. The Kier molecular flexibility index (Phi) is 5.47. The smallest absolute Gasteiger partial charge is 0.225 e. The van der Waals surface area contributed by atoms with Crippen LogP contribution in [0, 0.1) is 18.3 Å². The van der Waals surface area contributed by atoms with Gasteiger partial charge in [0.05, 0.1) is 16.7 Å². The maximum atomic E-state index is 12.2. The van der Waals surface area contributed by atoms with Crippen LogP contribution in [-0.4, -0.2) is 5.91 Å². The van der Waals surface area contributed by atoms with Gasteiger partial charge in [0.1, 0.15) is 0 Å². The molecule has 1 aliphatic heterocycles. The summed E-state index contributed by atoms with van der Waals surface area (Å²) in [6.07, 6.45) is 0.294. The zero-order chi connectivity index (χ0) is 17.8. The fraction of sp³-hybridized carbons (Fsp3) is 0.200. The van der Waals surface area contributed by atoms with Crippen molar-refractivity contribution in [2.75, 3.05) is 0 Å². The Balaban J connectivity index is 1.89. The number of carbonyl (C=O) groups is 1. The van der Waals surface area contributed by atoms with E-state index in [9.17, 15) is 10.1 Å². The van der Waals surface area contributed by atoms with Crippen LogP contribution < -0.4 is 5.32 Å². The van der Waals surface area contributed by atoms with Crippen molar-refractivity contribution < 1.29 is 4.79 Å². The molecule has 0 bridgehead atoms. The summed E-state index contributed by atoms with van der Waals surface area (Å²) in [7, 11) is 0. The molecule has 0 spiro atoms. The van der Waals surface area contributed by atoms with Crippen LogP contribution in [0.2, 0.25) is 5.02 Å². The minimum absolute atomic E-state index is 0.0637. The normalized spacial score (nSPS) is 17.2. The third-order valence-corrected chi connectivity index (χ3v) is 5.60. The molecule has 0 saturated heterocycles. The lowest BCUT2D eigenvalue weighted by molar-refractivity contribution is -0.120. The van der Waals surface area contributed by atoms with Crippen LogP contribution in [0.5, 0.6) is 0 Å². The van der Waals surface area contributed by atoms with E-state index in [1.807, 2.05) is 55.5 Å². The summed E-state index contributed by atoms with van der Waals surface area (Å²) in [5.74, 6) is 0.334. The molecule has 5 heteroatoms. The molecule has 1 N–H and O–H groups in total. The van der Waals surface area contributed by atoms with Crippen molar-refractivity contribution in [3.63, 3.8) is 0 Å². The number of benzene rings is 2. The first kappa shape index (κ1) is 17.6. The summed E-state index contributed by atoms with van der Waals surface area (Å²) < 4.78 is 0. The summed E-state index contributed by atoms with van der Waals surface area (Å²) in [6, 6.07) is 17.9. The van der Waals surface area contributed by atoms with Crippen LogP contribution in [0.25, 0.3) is 0 Å². The maximum absolute atomic E-state index is 12.2. The largest absolute Gasteiger partial charge is 0.320 e. The Morgan fingerprint density at radius 1 is 1.24 bits per heavy atom. The molecule has 1 heterocycles. The summed E-state index contributed by atoms with van der Waals surface area (Å²) in [5.41, 5.74) is 3.74. The van der Waals surface area contributed by atoms with Crippen LogP contribution in [0.1, 0.15) is 29.0 Å². The Morgan fingerprint density at radius 2 is 1.96 bits per heavy atom. The average molecular weight is 369 g/mol. The topological polar surface area (TPSA) is 52.9 Å². The molecule has 0 fully saturated rings. The Morgan fingerprint density at radius 3 is 2.64 bits per heavy atom. The second-order valence-electron chi connectivity index (χ2n) is 5.95. The molecule has 1 amide bonds. The van der Waals surface area contributed by atoms with Crippen LogP contribution >= 0.6 is 23.4 Å². The van der Waals surface area contributed by atoms with Crippen molar-refractivity contribution in [1.29, 1.82) is 5.26 Å². The van der Waals surface area contributed by atoms with Gasteiger partial charge in [0.25, 0.3) is 0 Å². The number of thioether (sulfide) groups is 1. The zero-order valence-corrected chi connectivity index (χ0v) is 15.3. The third-order valence-electron chi connectivity index (χ3n) is 4.17. The Bertz CT molecular complexity index is 868. The number of aryl methyl sites for hydroxylation is 1. The molecule has 3 rings (SSSR count). The minimum atomic E-state index is -0.201. The van der Waals surface area contributed by atoms with E-state index in [2.05, 4.69) is 11.4 Å².